The monoisotopic (exact) mass is 686 g/mol. The molecule has 8 aromatic rings. The second-order valence-corrected chi connectivity index (χ2v) is 15.5. The molecule has 0 radical (unpaired) electrons. The van der Waals surface area contributed by atoms with Crippen LogP contribution in [0, 0.1) is 0 Å². The summed E-state index contributed by atoms with van der Waals surface area (Å²) in [6.45, 7) is 8.33. The zero-order valence-electron chi connectivity index (χ0n) is 30.4. The first kappa shape index (κ1) is 32.0. The average molecular weight is 687 g/mol. The van der Waals surface area contributed by atoms with Gasteiger partial charge in [-0.05, 0) is 77.8 Å². The van der Waals surface area contributed by atoms with Gasteiger partial charge in [0.05, 0.1) is 16.6 Å². The van der Waals surface area contributed by atoms with E-state index < -0.39 is 23.7 Å². The fraction of sp³-hybridized carbons (Fsp3) is 0.143. The summed E-state index contributed by atoms with van der Waals surface area (Å²) in [6.07, 6.45) is 0. The highest BCUT2D eigenvalue weighted by atomic mass is 16.7. The van der Waals surface area contributed by atoms with Crippen LogP contribution in [0.15, 0.2) is 168 Å². The Balaban J connectivity index is 1.12. The average Bonchev–Trinajstić information content (AvgIpc) is 3.80. The minimum atomic E-state index is -0.512. The first-order chi connectivity index (χ1) is 25.8. The SMILES string of the molecule is CC1(C)OB(c2cccc3c2oc2c(-c4ccc(C5(c6ccc(-c7ccccc7)cc6)c6ccccc6-c6ccccc65)cc4)cccc23)OC1(C)C. The molecule has 0 amide bonds. The Bertz CT molecular complexity index is 2610. The molecule has 1 aromatic heterocycles. The van der Waals surface area contributed by atoms with Gasteiger partial charge in [-0.25, -0.2) is 0 Å². The van der Waals surface area contributed by atoms with Crippen LogP contribution in [0.3, 0.4) is 0 Å². The van der Waals surface area contributed by atoms with Crippen molar-refractivity contribution in [1.82, 2.24) is 0 Å². The lowest BCUT2D eigenvalue weighted by Gasteiger charge is -2.34. The van der Waals surface area contributed by atoms with Crippen molar-refractivity contribution >= 4 is 34.5 Å². The van der Waals surface area contributed by atoms with Gasteiger partial charge >= 0.3 is 7.12 Å². The summed E-state index contributed by atoms with van der Waals surface area (Å²) in [5.41, 5.74) is 13.4. The zero-order chi connectivity index (χ0) is 36.0. The first-order valence-corrected chi connectivity index (χ1v) is 18.5. The van der Waals surface area contributed by atoms with E-state index in [4.69, 9.17) is 13.7 Å². The predicted octanol–water partition coefficient (Wildman–Crippen LogP) is 11.6. The second-order valence-electron chi connectivity index (χ2n) is 15.5. The molecule has 7 aromatic carbocycles. The maximum absolute atomic E-state index is 6.82. The van der Waals surface area contributed by atoms with Crippen LogP contribution in [0.25, 0.3) is 55.3 Å². The largest absolute Gasteiger partial charge is 0.498 e. The summed E-state index contributed by atoms with van der Waals surface area (Å²) < 4.78 is 19.8. The van der Waals surface area contributed by atoms with E-state index in [2.05, 4.69) is 191 Å². The third-order valence-electron chi connectivity index (χ3n) is 12.1. The lowest BCUT2D eigenvalue weighted by molar-refractivity contribution is 0.00578. The summed E-state index contributed by atoms with van der Waals surface area (Å²) in [6, 6.07) is 59.4. The van der Waals surface area contributed by atoms with Crippen molar-refractivity contribution in [3.05, 3.63) is 186 Å². The van der Waals surface area contributed by atoms with Gasteiger partial charge in [-0.3, -0.25) is 0 Å². The van der Waals surface area contributed by atoms with Gasteiger partial charge in [0.15, 0.2) is 0 Å². The Hall–Kier alpha value is -5.68. The Morgan fingerprint density at radius 3 is 1.47 bits per heavy atom. The van der Waals surface area contributed by atoms with Crippen LogP contribution < -0.4 is 5.46 Å². The van der Waals surface area contributed by atoms with E-state index in [0.717, 1.165) is 38.5 Å². The van der Waals surface area contributed by atoms with Crippen molar-refractivity contribution in [2.75, 3.05) is 0 Å². The van der Waals surface area contributed by atoms with E-state index in [9.17, 15) is 0 Å². The standard InChI is InChI=1S/C49H39BO3/c1-47(2)48(3,4)53-50(52-47)44-23-13-20-41-40-19-12-18-37(45(40)51-46(41)44)34-26-30-36(31-27-34)49(35-28-24-33(25-29-35)32-14-6-5-7-15-32)42-21-10-8-16-38(42)39-17-9-11-22-43(39)49/h5-31H,1-4H3. The minimum Gasteiger partial charge on any atom is -0.456 e. The molecule has 10 rings (SSSR count). The third-order valence-corrected chi connectivity index (χ3v) is 12.1. The van der Waals surface area contributed by atoms with Gasteiger partial charge in [-0.1, -0.05) is 164 Å². The van der Waals surface area contributed by atoms with Crippen molar-refractivity contribution < 1.29 is 13.7 Å². The fourth-order valence-corrected chi connectivity index (χ4v) is 8.69. The van der Waals surface area contributed by atoms with E-state index in [1.807, 2.05) is 0 Å². The van der Waals surface area contributed by atoms with Gasteiger partial charge < -0.3 is 13.7 Å². The summed E-state index contributed by atoms with van der Waals surface area (Å²) >= 11 is 0. The van der Waals surface area contributed by atoms with Crippen molar-refractivity contribution in [3.63, 3.8) is 0 Å². The number of hydrogen-bond donors (Lipinski definition) is 0. The molecule has 0 atom stereocenters. The molecule has 1 saturated heterocycles. The molecule has 0 unspecified atom stereocenters. The fourth-order valence-electron chi connectivity index (χ4n) is 8.69. The zero-order valence-corrected chi connectivity index (χ0v) is 30.4. The highest BCUT2D eigenvalue weighted by Gasteiger charge is 2.52. The number of furan rings is 1. The quantitative estimate of drug-likeness (QED) is 0.169. The highest BCUT2D eigenvalue weighted by molar-refractivity contribution is 6.65. The normalized spacial score (nSPS) is 16.6. The van der Waals surface area contributed by atoms with Gasteiger partial charge in [0, 0.05) is 21.8 Å². The van der Waals surface area contributed by atoms with E-state index in [-0.39, 0.29) is 0 Å². The number of para-hydroxylation sites is 2. The topological polar surface area (TPSA) is 31.6 Å². The molecule has 0 bridgehead atoms. The molecule has 2 heterocycles. The number of hydrogen-bond acceptors (Lipinski definition) is 3. The lowest BCUT2D eigenvalue weighted by atomic mass is 9.67. The molecule has 3 nitrogen and oxygen atoms in total. The van der Waals surface area contributed by atoms with Gasteiger partial charge in [0.1, 0.15) is 11.2 Å². The molecule has 2 aliphatic rings. The first-order valence-electron chi connectivity index (χ1n) is 18.5. The number of fused-ring (bicyclic) bond motifs is 6. The summed E-state index contributed by atoms with van der Waals surface area (Å²) in [7, 11) is -0.512. The maximum Gasteiger partial charge on any atom is 0.498 e. The lowest BCUT2D eigenvalue weighted by Crippen LogP contribution is -2.41. The molecule has 1 aliphatic carbocycles. The molecular weight excluding hydrogens is 647 g/mol. The van der Waals surface area contributed by atoms with Crippen LogP contribution in [0.1, 0.15) is 49.9 Å². The van der Waals surface area contributed by atoms with Crippen LogP contribution in [0.2, 0.25) is 0 Å². The van der Waals surface area contributed by atoms with E-state index >= 15 is 0 Å². The van der Waals surface area contributed by atoms with Crippen molar-refractivity contribution in [1.29, 1.82) is 0 Å². The van der Waals surface area contributed by atoms with Gasteiger partial charge in [0.2, 0.25) is 0 Å². The maximum atomic E-state index is 6.82. The van der Waals surface area contributed by atoms with Crippen LogP contribution in [0.4, 0.5) is 0 Å². The molecule has 4 heteroatoms. The van der Waals surface area contributed by atoms with Crippen LogP contribution in [-0.4, -0.2) is 18.3 Å². The third kappa shape index (κ3) is 4.69. The van der Waals surface area contributed by atoms with E-state index in [1.54, 1.807) is 0 Å². The summed E-state index contributed by atoms with van der Waals surface area (Å²) in [4.78, 5) is 0. The predicted molar refractivity (Wildman–Crippen MR) is 218 cm³/mol. The second kappa shape index (κ2) is 11.7. The Morgan fingerprint density at radius 2 is 0.868 bits per heavy atom. The van der Waals surface area contributed by atoms with Gasteiger partial charge in [-0.2, -0.15) is 0 Å². The molecule has 0 N–H and O–H groups in total. The summed E-state index contributed by atoms with van der Waals surface area (Å²) in [5, 5.41) is 2.14. The Kier molecular flexibility index (Phi) is 7.05. The van der Waals surface area contributed by atoms with Gasteiger partial charge in [0.25, 0.3) is 0 Å². The molecule has 0 spiro atoms. The summed E-state index contributed by atoms with van der Waals surface area (Å²) in [5.74, 6) is 0. The van der Waals surface area contributed by atoms with Crippen LogP contribution >= 0.6 is 0 Å². The molecule has 1 aliphatic heterocycles. The smallest absolute Gasteiger partial charge is 0.456 e. The van der Waals surface area contributed by atoms with Crippen LogP contribution in [-0.2, 0) is 14.7 Å². The minimum absolute atomic E-state index is 0.444. The Morgan fingerprint density at radius 1 is 0.396 bits per heavy atom. The highest BCUT2D eigenvalue weighted by Crippen LogP contribution is 2.56. The number of benzene rings is 7. The van der Waals surface area contributed by atoms with Crippen molar-refractivity contribution in [3.8, 4) is 33.4 Å². The van der Waals surface area contributed by atoms with Crippen LogP contribution in [0.5, 0.6) is 0 Å². The molecule has 0 saturated carbocycles. The van der Waals surface area contributed by atoms with Crippen molar-refractivity contribution in [2.24, 2.45) is 0 Å². The molecule has 1 fully saturated rings. The van der Waals surface area contributed by atoms with E-state index in [0.29, 0.717) is 0 Å². The van der Waals surface area contributed by atoms with Crippen molar-refractivity contribution in [2.45, 2.75) is 44.3 Å². The Labute approximate surface area is 311 Å². The molecule has 53 heavy (non-hydrogen) atoms. The molecule has 256 valence electrons. The van der Waals surface area contributed by atoms with Gasteiger partial charge in [-0.15, -0.1) is 0 Å². The number of rotatable bonds is 5. The van der Waals surface area contributed by atoms with E-state index in [1.165, 1.54) is 44.5 Å². The molecular formula is C49H39BO3.